The second kappa shape index (κ2) is 7.36. The second-order valence-corrected chi connectivity index (χ2v) is 5.50. The van der Waals surface area contributed by atoms with Gasteiger partial charge < -0.3 is 14.8 Å². The van der Waals surface area contributed by atoms with E-state index < -0.39 is 0 Å². The van der Waals surface area contributed by atoms with Crippen molar-refractivity contribution in [2.24, 2.45) is 0 Å². The number of ether oxygens (including phenoxy) is 2. The van der Waals surface area contributed by atoms with Crippen molar-refractivity contribution in [2.75, 3.05) is 19.0 Å². The predicted molar refractivity (Wildman–Crippen MR) is 90.4 cm³/mol. The zero-order chi connectivity index (χ0) is 15.2. The zero-order valence-electron chi connectivity index (χ0n) is 12.6. The van der Waals surface area contributed by atoms with Crippen LogP contribution in [0.25, 0.3) is 0 Å². The van der Waals surface area contributed by atoms with Gasteiger partial charge in [-0.25, -0.2) is 0 Å². The largest absolute Gasteiger partial charge is 0.493 e. The summed E-state index contributed by atoms with van der Waals surface area (Å²) in [6.45, 7) is 5.40. The molecule has 0 aromatic heterocycles. The maximum Gasteiger partial charge on any atom is 0.161 e. The molecule has 0 amide bonds. The van der Waals surface area contributed by atoms with Crippen LogP contribution in [0.2, 0.25) is 0 Å². The second-order valence-electron chi connectivity index (χ2n) is 4.71. The van der Waals surface area contributed by atoms with Crippen LogP contribution < -0.4 is 14.8 Å². The van der Waals surface area contributed by atoms with E-state index in [1.165, 1.54) is 5.56 Å². The highest BCUT2D eigenvalue weighted by molar-refractivity contribution is 9.10. The van der Waals surface area contributed by atoms with Gasteiger partial charge in [-0.3, -0.25) is 0 Å². The average Bonchev–Trinajstić information content (AvgIpc) is 2.49. The predicted octanol–water partition coefficient (Wildman–Crippen LogP) is 4.78. The monoisotopic (exact) mass is 349 g/mol. The maximum atomic E-state index is 5.60. The summed E-state index contributed by atoms with van der Waals surface area (Å²) >= 11 is 3.61. The van der Waals surface area contributed by atoms with Crippen molar-refractivity contribution in [2.45, 2.75) is 20.4 Å². The van der Waals surface area contributed by atoms with E-state index in [1.807, 2.05) is 31.2 Å². The molecule has 0 heterocycles. The summed E-state index contributed by atoms with van der Waals surface area (Å²) in [6.07, 6.45) is 0. The lowest BCUT2D eigenvalue weighted by atomic mass is 10.2. The van der Waals surface area contributed by atoms with Crippen LogP contribution in [-0.2, 0) is 6.54 Å². The number of hydrogen-bond donors (Lipinski definition) is 1. The first-order chi connectivity index (χ1) is 10.2. The number of aryl methyl sites for hydroxylation is 1. The Bertz CT molecular complexity index is 614. The van der Waals surface area contributed by atoms with Gasteiger partial charge in [0.1, 0.15) is 0 Å². The van der Waals surface area contributed by atoms with Crippen molar-refractivity contribution in [3.63, 3.8) is 0 Å². The Balaban J connectivity index is 2.13. The molecule has 0 atom stereocenters. The standard InChI is InChI=1S/C17H20BrNO2/c1-4-21-16-10-13(8-9-15(16)20-3)11-19-14-7-5-6-12(2)17(14)18/h5-10,19H,4,11H2,1-3H3. The summed E-state index contributed by atoms with van der Waals surface area (Å²) in [6, 6.07) is 12.2. The van der Waals surface area contributed by atoms with Crippen LogP contribution in [-0.4, -0.2) is 13.7 Å². The van der Waals surface area contributed by atoms with E-state index in [0.29, 0.717) is 6.61 Å². The highest BCUT2D eigenvalue weighted by Crippen LogP contribution is 2.29. The molecule has 2 aromatic rings. The summed E-state index contributed by atoms with van der Waals surface area (Å²) < 4.78 is 12.0. The number of anilines is 1. The first-order valence-corrected chi connectivity index (χ1v) is 7.73. The molecule has 0 unspecified atom stereocenters. The Hall–Kier alpha value is -1.68. The Morgan fingerprint density at radius 3 is 2.67 bits per heavy atom. The van der Waals surface area contributed by atoms with Crippen molar-refractivity contribution in [3.05, 3.63) is 52.0 Å². The fourth-order valence-electron chi connectivity index (χ4n) is 2.08. The van der Waals surface area contributed by atoms with Crippen LogP contribution in [0.1, 0.15) is 18.1 Å². The Morgan fingerprint density at radius 2 is 1.95 bits per heavy atom. The molecule has 0 radical (unpaired) electrons. The number of methoxy groups -OCH3 is 1. The van der Waals surface area contributed by atoms with E-state index in [4.69, 9.17) is 9.47 Å². The van der Waals surface area contributed by atoms with E-state index in [9.17, 15) is 0 Å². The van der Waals surface area contributed by atoms with Gasteiger partial charge >= 0.3 is 0 Å². The lowest BCUT2D eigenvalue weighted by Gasteiger charge is -2.13. The van der Waals surface area contributed by atoms with E-state index >= 15 is 0 Å². The molecule has 0 spiro atoms. The molecular weight excluding hydrogens is 330 g/mol. The SMILES string of the molecule is CCOc1cc(CNc2cccc(C)c2Br)ccc1OC. The Morgan fingerprint density at radius 1 is 1.14 bits per heavy atom. The molecule has 0 fully saturated rings. The van der Waals surface area contributed by atoms with Crippen molar-refractivity contribution in [1.29, 1.82) is 0 Å². The van der Waals surface area contributed by atoms with Gasteiger partial charge in [-0.15, -0.1) is 0 Å². The minimum atomic E-state index is 0.622. The summed E-state index contributed by atoms with van der Waals surface area (Å²) in [5, 5.41) is 3.43. The molecule has 21 heavy (non-hydrogen) atoms. The van der Waals surface area contributed by atoms with Crippen molar-refractivity contribution in [1.82, 2.24) is 0 Å². The molecule has 0 aliphatic heterocycles. The molecule has 112 valence electrons. The highest BCUT2D eigenvalue weighted by atomic mass is 79.9. The molecule has 0 aliphatic rings. The number of rotatable bonds is 6. The van der Waals surface area contributed by atoms with Crippen molar-refractivity contribution < 1.29 is 9.47 Å². The highest BCUT2D eigenvalue weighted by Gasteiger charge is 2.06. The summed E-state index contributed by atoms with van der Waals surface area (Å²) in [5.41, 5.74) is 3.45. The van der Waals surface area contributed by atoms with Crippen LogP contribution in [0.5, 0.6) is 11.5 Å². The van der Waals surface area contributed by atoms with Crippen molar-refractivity contribution >= 4 is 21.6 Å². The van der Waals surface area contributed by atoms with Gasteiger partial charge in [0, 0.05) is 16.7 Å². The third-order valence-corrected chi connectivity index (χ3v) is 4.26. The quantitative estimate of drug-likeness (QED) is 0.814. The summed E-state index contributed by atoms with van der Waals surface area (Å²) in [5.74, 6) is 1.54. The lowest BCUT2D eigenvalue weighted by molar-refractivity contribution is 0.310. The van der Waals surface area contributed by atoms with Gasteiger partial charge in [0.15, 0.2) is 11.5 Å². The van der Waals surface area contributed by atoms with Gasteiger partial charge in [-0.1, -0.05) is 18.2 Å². The van der Waals surface area contributed by atoms with E-state index in [0.717, 1.165) is 33.8 Å². The maximum absolute atomic E-state index is 5.60. The molecule has 1 N–H and O–H groups in total. The zero-order valence-corrected chi connectivity index (χ0v) is 14.2. The molecule has 3 nitrogen and oxygen atoms in total. The fraction of sp³-hybridized carbons (Fsp3) is 0.294. The van der Waals surface area contributed by atoms with Crippen LogP contribution in [0.4, 0.5) is 5.69 Å². The van der Waals surface area contributed by atoms with Crippen molar-refractivity contribution in [3.8, 4) is 11.5 Å². The number of hydrogen-bond acceptors (Lipinski definition) is 3. The minimum absolute atomic E-state index is 0.622. The van der Waals surface area contributed by atoms with E-state index in [-0.39, 0.29) is 0 Å². The molecule has 4 heteroatoms. The smallest absolute Gasteiger partial charge is 0.161 e. The van der Waals surface area contributed by atoms with Gasteiger partial charge in [0.05, 0.1) is 13.7 Å². The minimum Gasteiger partial charge on any atom is -0.493 e. The van der Waals surface area contributed by atoms with Crippen LogP contribution in [0.15, 0.2) is 40.9 Å². The third kappa shape index (κ3) is 3.91. The van der Waals surface area contributed by atoms with Gasteiger partial charge in [0.25, 0.3) is 0 Å². The molecule has 2 rings (SSSR count). The summed E-state index contributed by atoms with van der Waals surface area (Å²) in [7, 11) is 1.65. The normalized spacial score (nSPS) is 10.3. The van der Waals surface area contributed by atoms with Crippen LogP contribution in [0, 0.1) is 6.92 Å². The number of halogens is 1. The Kier molecular flexibility index (Phi) is 5.51. The summed E-state index contributed by atoms with van der Waals surface area (Å²) in [4.78, 5) is 0. The molecule has 0 bridgehead atoms. The van der Waals surface area contributed by atoms with Gasteiger partial charge in [-0.2, -0.15) is 0 Å². The van der Waals surface area contributed by atoms with E-state index in [2.05, 4.69) is 40.3 Å². The van der Waals surface area contributed by atoms with E-state index in [1.54, 1.807) is 7.11 Å². The number of nitrogens with one attached hydrogen (secondary N) is 1. The molecule has 2 aromatic carbocycles. The first-order valence-electron chi connectivity index (χ1n) is 6.94. The first kappa shape index (κ1) is 15.7. The molecular formula is C17H20BrNO2. The number of benzene rings is 2. The Labute approximate surface area is 134 Å². The van der Waals surface area contributed by atoms with Crippen LogP contribution in [0.3, 0.4) is 0 Å². The van der Waals surface area contributed by atoms with Gasteiger partial charge in [-0.05, 0) is 59.1 Å². The lowest BCUT2D eigenvalue weighted by Crippen LogP contribution is -2.02. The molecule has 0 saturated carbocycles. The van der Waals surface area contributed by atoms with Gasteiger partial charge in [0.2, 0.25) is 0 Å². The topological polar surface area (TPSA) is 30.5 Å². The molecule has 0 aliphatic carbocycles. The average molecular weight is 350 g/mol. The molecule has 0 saturated heterocycles. The van der Waals surface area contributed by atoms with Crippen LogP contribution >= 0.6 is 15.9 Å². The fourth-order valence-corrected chi connectivity index (χ4v) is 2.49. The third-order valence-electron chi connectivity index (χ3n) is 3.20.